The van der Waals surface area contributed by atoms with Crippen LogP contribution in [0.25, 0.3) is 0 Å². The first-order valence-electron chi connectivity index (χ1n) is 10.4. The van der Waals surface area contributed by atoms with Crippen LogP contribution >= 0.6 is 0 Å². The second-order valence-corrected chi connectivity index (χ2v) is 7.39. The third-order valence-corrected chi connectivity index (χ3v) is 4.93. The van der Waals surface area contributed by atoms with Gasteiger partial charge in [-0.15, -0.1) is 0 Å². The van der Waals surface area contributed by atoms with Crippen LogP contribution in [0.15, 0.2) is 91.0 Å². The topological polar surface area (TPSA) is 84.5 Å². The summed E-state index contributed by atoms with van der Waals surface area (Å²) in [4.78, 5) is 37.6. The highest BCUT2D eigenvalue weighted by atomic mass is 16.5. The maximum absolute atomic E-state index is 12.8. The van der Waals surface area contributed by atoms with Gasteiger partial charge in [0.1, 0.15) is 6.04 Å². The number of carbonyl (C=O) groups excluding carboxylic acids is 3. The van der Waals surface area contributed by atoms with Gasteiger partial charge in [0, 0.05) is 12.0 Å². The maximum Gasteiger partial charge on any atom is 0.329 e. The molecule has 0 aliphatic heterocycles. The normalized spacial score (nSPS) is 12.3. The van der Waals surface area contributed by atoms with Gasteiger partial charge in [-0.3, -0.25) is 9.59 Å². The zero-order valence-electron chi connectivity index (χ0n) is 17.9. The Bertz CT molecular complexity index is 1020. The van der Waals surface area contributed by atoms with Gasteiger partial charge in [-0.25, -0.2) is 4.79 Å². The molecular weight excluding hydrogens is 404 g/mol. The fourth-order valence-corrected chi connectivity index (χ4v) is 3.22. The molecule has 2 atom stereocenters. The van der Waals surface area contributed by atoms with E-state index in [1.807, 2.05) is 73.7 Å². The van der Waals surface area contributed by atoms with Crippen LogP contribution in [0.5, 0.6) is 0 Å². The standard InChI is InChI=1S/C26H26N2O4/c1-19(21-13-7-3-8-14-21)27-24(29)18-32-26(31)23(17-20-11-5-2-6-12-20)28-25(30)22-15-9-4-10-16-22/h2-16,19,23H,17-18H2,1H3,(H,27,29)(H,28,30)/t19-,23+/m0/s1. The highest BCUT2D eigenvalue weighted by molar-refractivity contribution is 5.97. The Morgan fingerprint density at radius 1 is 0.781 bits per heavy atom. The van der Waals surface area contributed by atoms with Crippen LogP contribution in [0.3, 0.4) is 0 Å². The molecule has 6 heteroatoms. The van der Waals surface area contributed by atoms with Gasteiger partial charge in [0.25, 0.3) is 11.8 Å². The highest BCUT2D eigenvalue weighted by Crippen LogP contribution is 2.11. The van der Waals surface area contributed by atoms with E-state index in [9.17, 15) is 14.4 Å². The van der Waals surface area contributed by atoms with Crippen LogP contribution in [0, 0.1) is 0 Å². The van der Waals surface area contributed by atoms with Crippen molar-refractivity contribution in [2.75, 3.05) is 6.61 Å². The van der Waals surface area contributed by atoms with Gasteiger partial charge in [-0.05, 0) is 30.2 Å². The van der Waals surface area contributed by atoms with Crippen molar-refractivity contribution in [2.24, 2.45) is 0 Å². The molecule has 0 unspecified atom stereocenters. The molecule has 0 spiro atoms. The minimum absolute atomic E-state index is 0.222. The maximum atomic E-state index is 12.8. The van der Waals surface area contributed by atoms with Crippen molar-refractivity contribution in [1.29, 1.82) is 0 Å². The van der Waals surface area contributed by atoms with Gasteiger partial charge in [-0.2, -0.15) is 0 Å². The molecule has 3 aromatic carbocycles. The summed E-state index contributed by atoms with van der Waals surface area (Å²) in [5.74, 6) is -1.46. The smallest absolute Gasteiger partial charge is 0.329 e. The third kappa shape index (κ3) is 6.80. The van der Waals surface area contributed by atoms with Gasteiger partial charge >= 0.3 is 5.97 Å². The molecule has 0 radical (unpaired) electrons. The summed E-state index contributed by atoms with van der Waals surface area (Å²) in [6.45, 7) is 1.43. The van der Waals surface area contributed by atoms with Crippen molar-refractivity contribution >= 4 is 17.8 Å². The van der Waals surface area contributed by atoms with Crippen LogP contribution < -0.4 is 10.6 Å². The van der Waals surface area contributed by atoms with Crippen molar-refractivity contribution in [3.63, 3.8) is 0 Å². The molecule has 3 aromatic rings. The molecule has 6 nitrogen and oxygen atoms in total. The Hall–Kier alpha value is -3.93. The van der Waals surface area contributed by atoms with E-state index in [0.29, 0.717) is 5.56 Å². The number of hydrogen-bond donors (Lipinski definition) is 2. The second-order valence-electron chi connectivity index (χ2n) is 7.39. The molecule has 0 heterocycles. The number of hydrogen-bond acceptors (Lipinski definition) is 4. The molecule has 0 saturated heterocycles. The fraction of sp³-hybridized carbons (Fsp3) is 0.192. The predicted octanol–water partition coefficient (Wildman–Crippen LogP) is 3.45. The molecule has 0 saturated carbocycles. The van der Waals surface area contributed by atoms with E-state index in [1.165, 1.54) is 0 Å². The molecule has 0 fully saturated rings. The lowest BCUT2D eigenvalue weighted by atomic mass is 10.1. The quantitative estimate of drug-likeness (QED) is 0.509. The summed E-state index contributed by atoms with van der Waals surface area (Å²) in [5.41, 5.74) is 2.25. The van der Waals surface area contributed by atoms with E-state index in [-0.39, 0.29) is 18.4 Å². The zero-order chi connectivity index (χ0) is 22.8. The van der Waals surface area contributed by atoms with Crippen LogP contribution in [-0.2, 0) is 20.7 Å². The van der Waals surface area contributed by atoms with Crippen LogP contribution in [0.2, 0.25) is 0 Å². The number of esters is 1. The van der Waals surface area contributed by atoms with Crippen LogP contribution in [0.4, 0.5) is 0 Å². The van der Waals surface area contributed by atoms with E-state index in [2.05, 4.69) is 10.6 Å². The molecule has 0 bridgehead atoms. The molecule has 164 valence electrons. The Morgan fingerprint density at radius 2 is 1.34 bits per heavy atom. The Morgan fingerprint density at radius 3 is 1.97 bits per heavy atom. The van der Waals surface area contributed by atoms with Gasteiger partial charge in [0.15, 0.2) is 6.61 Å². The van der Waals surface area contributed by atoms with Gasteiger partial charge < -0.3 is 15.4 Å². The number of amides is 2. The lowest BCUT2D eigenvalue weighted by Crippen LogP contribution is -2.44. The Balaban J connectivity index is 1.61. The number of benzene rings is 3. The first-order chi connectivity index (χ1) is 15.5. The molecule has 2 N–H and O–H groups in total. The average Bonchev–Trinajstić information content (AvgIpc) is 2.83. The minimum atomic E-state index is -0.926. The molecular formula is C26H26N2O4. The number of ether oxygens (including phenoxy) is 1. The molecule has 0 aliphatic carbocycles. The van der Waals surface area contributed by atoms with Crippen molar-refractivity contribution in [1.82, 2.24) is 10.6 Å². The van der Waals surface area contributed by atoms with Crippen LogP contribution in [0.1, 0.15) is 34.5 Å². The first-order valence-corrected chi connectivity index (χ1v) is 10.4. The van der Waals surface area contributed by atoms with Crippen molar-refractivity contribution in [2.45, 2.75) is 25.4 Å². The Labute approximate surface area is 187 Å². The molecule has 0 aromatic heterocycles. The summed E-state index contributed by atoms with van der Waals surface area (Å²) in [6, 6.07) is 26.3. The van der Waals surface area contributed by atoms with E-state index in [4.69, 9.17) is 4.74 Å². The predicted molar refractivity (Wildman–Crippen MR) is 122 cm³/mol. The fourth-order valence-electron chi connectivity index (χ4n) is 3.22. The first kappa shape index (κ1) is 22.7. The highest BCUT2D eigenvalue weighted by Gasteiger charge is 2.24. The average molecular weight is 431 g/mol. The van der Waals surface area contributed by atoms with E-state index >= 15 is 0 Å². The Kier molecular flexibility index (Phi) is 8.15. The van der Waals surface area contributed by atoms with Crippen molar-refractivity contribution in [3.8, 4) is 0 Å². The lowest BCUT2D eigenvalue weighted by Gasteiger charge is -2.19. The van der Waals surface area contributed by atoms with E-state index in [1.54, 1.807) is 24.3 Å². The second kappa shape index (κ2) is 11.5. The van der Waals surface area contributed by atoms with E-state index < -0.39 is 24.5 Å². The van der Waals surface area contributed by atoms with E-state index in [0.717, 1.165) is 11.1 Å². The molecule has 32 heavy (non-hydrogen) atoms. The third-order valence-electron chi connectivity index (χ3n) is 4.93. The van der Waals surface area contributed by atoms with Gasteiger partial charge in [-0.1, -0.05) is 78.9 Å². The molecule has 2 amide bonds. The molecule has 3 rings (SSSR count). The largest absolute Gasteiger partial charge is 0.454 e. The summed E-state index contributed by atoms with van der Waals surface area (Å²) in [6.07, 6.45) is 0.250. The summed E-state index contributed by atoms with van der Waals surface area (Å²) in [7, 11) is 0. The minimum Gasteiger partial charge on any atom is -0.454 e. The van der Waals surface area contributed by atoms with Gasteiger partial charge in [0.2, 0.25) is 0 Å². The summed E-state index contributed by atoms with van der Waals surface area (Å²) in [5, 5.41) is 5.53. The molecule has 0 aliphatic rings. The van der Waals surface area contributed by atoms with Crippen molar-refractivity contribution in [3.05, 3.63) is 108 Å². The van der Waals surface area contributed by atoms with Crippen molar-refractivity contribution < 1.29 is 19.1 Å². The monoisotopic (exact) mass is 430 g/mol. The number of rotatable bonds is 9. The van der Waals surface area contributed by atoms with Gasteiger partial charge in [0.05, 0.1) is 6.04 Å². The summed E-state index contributed by atoms with van der Waals surface area (Å²) >= 11 is 0. The summed E-state index contributed by atoms with van der Waals surface area (Å²) < 4.78 is 5.25. The SMILES string of the molecule is C[C@H](NC(=O)COC(=O)[C@@H](Cc1ccccc1)NC(=O)c1ccccc1)c1ccccc1. The number of carbonyl (C=O) groups is 3. The lowest BCUT2D eigenvalue weighted by molar-refractivity contribution is -0.150. The van der Waals surface area contributed by atoms with Crippen LogP contribution in [-0.4, -0.2) is 30.4 Å². The zero-order valence-corrected chi connectivity index (χ0v) is 17.9. The number of nitrogens with one attached hydrogen (secondary N) is 2.